The Morgan fingerprint density at radius 2 is 2.08 bits per heavy atom. The fourth-order valence-electron chi connectivity index (χ4n) is 2.35. The second-order valence-electron chi connectivity index (χ2n) is 5.27. The Labute approximate surface area is 145 Å². The number of aromatic nitrogens is 1. The highest BCUT2D eigenvalue weighted by Gasteiger charge is 2.23. The van der Waals surface area contributed by atoms with Crippen LogP contribution in [0.15, 0.2) is 5.38 Å². The van der Waals surface area contributed by atoms with Gasteiger partial charge in [-0.3, -0.25) is 0 Å². The zero-order valence-electron chi connectivity index (χ0n) is 13.9. The molecule has 1 aliphatic rings. The molecule has 0 unspecified atom stereocenters. The van der Waals surface area contributed by atoms with Crippen LogP contribution in [-0.2, 0) is 14.2 Å². The topological polar surface area (TPSA) is 90.0 Å². The van der Waals surface area contributed by atoms with Crippen LogP contribution < -0.4 is 10.2 Å². The van der Waals surface area contributed by atoms with E-state index in [1.807, 2.05) is 0 Å². The molecule has 1 fully saturated rings. The third-order valence-corrected chi connectivity index (χ3v) is 4.49. The van der Waals surface area contributed by atoms with E-state index in [-0.39, 0.29) is 12.6 Å². The average Bonchev–Trinajstić information content (AvgIpc) is 3.06. The van der Waals surface area contributed by atoms with Crippen LogP contribution in [0.25, 0.3) is 0 Å². The maximum atomic E-state index is 11.7. The molecule has 0 bridgehead atoms. The van der Waals surface area contributed by atoms with Crippen molar-refractivity contribution in [1.29, 1.82) is 0 Å². The number of ether oxygens (including phenoxy) is 3. The summed E-state index contributed by atoms with van der Waals surface area (Å²) in [6.07, 6.45) is 1.19. The van der Waals surface area contributed by atoms with E-state index in [0.717, 1.165) is 31.1 Å². The number of nitrogens with one attached hydrogen (secondary N) is 1. The zero-order chi connectivity index (χ0) is 17.4. The zero-order valence-corrected chi connectivity index (χ0v) is 14.8. The Balaban J connectivity index is 1.76. The molecule has 0 aromatic carbocycles. The van der Waals surface area contributed by atoms with Crippen molar-refractivity contribution in [3.05, 3.63) is 11.1 Å². The van der Waals surface area contributed by atoms with Gasteiger partial charge in [0.1, 0.15) is 6.61 Å². The molecule has 134 valence electrons. The smallest absolute Gasteiger partial charge is 0.407 e. The van der Waals surface area contributed by atoms with Crippen LogP contribution in [0.1, 0.15) is 30.3 Å². The van der Waals surface area contributed by atoms with Gasteiger partial charge in [-0.05, 0) is 19.8 Å². The molecule has 1 aromatic rings. The Hall–Kier alpha value is -1.87. The predicted molar refractivity (Wildman–Crippen MR) is 89.7 cm³/mol. The van der Waals surface area contributed by atoms with Gasteiger partial charge in [0.05, 0.1) is 13.2 Å². The fourth-order valence-corrected chi connectivity index (χ4v) is 3.20. The summed E-state index contributed by atoms with van der Waals surface area (Å²) in [4.78, 5) is 29.7. The Morgan fingerprint density at radius 1 is 1.33 bits per heavy atom. The molecule has 24 heavy (non-hydrogen) atoms. The number of carbonyl (C=O) groups is 2. The molecule has 0 radical (unpaired) electrons. The third-order valence-electron chi connectivity index (χ3n) is 3.58. The minimum atomic E-state index is -0.413. The van der Waals surface area contributed by atoms with Gasteiger partial charge < -0.3 is 24.4 Å². The van der Waals surface area contributed by atoms with Crippen LogP contribution >= 0.6 is 11.3 Å². The molecule has 1 saturated heterocycles. The summed E-state index contributed by atoms with van der Waals surface area (Å²) in [5.74, 6) is -0.393. The maximum absolute atomic E-state index is 11.7. The molecule has 8 nitrogen and oxygen atoms in total. The SMILES string of the molecule is CCOC(=O)c1csc(N2CCC(NC(=O)OCCOC)CC2)n1. The summed E-state index contributed by atoms with van der Waals surface area (Å²) < 4.78 is 14.8. The van der Waals surface area contributed by atoms with E-state index in [1.165, 1.54) is 11.3 Å². The van der Waals surface area contributed by atoms with Crippen LogP contribution in [0.3, 0.4) is 0 Å². The van der Waals surface area contributed by atoms with Gasteiger partial charge in [0.2, 0.25) is 0 Å². The minimum Gasteiger partial charge on any atom is -0.461 e. The average molecular weight is 357 g/mol. The Kier molecular flexibility index (Phi) is 7.26. The number of nitrogens with zero attached hydrogens (tertiary/aromatic N) is 2. The highest BCUT2D eigenvalue weighted by molar-refractivity contribution is 7.13. The van der Waals surface area contributed by atoms with Gasteiger partial charge >= 0.3 is 12.1 Å². The molecule has 9 heteroatoms. The Morgan fingerprint density at radius 3 is 2.75 bits per heavy atom. The number of methoxy groups -OCH3 is 1. The molecule has 2 rings (SSSR count). The van der Waals surface area contributed by atoms with E-state index in [0.29, 0.717) is 18.9 Å². The van der Waals surface area contributed by atoms with E-state index in [9.17, 15) is 9.59 Å². The van der Waals surface area contributed by atoms with Crippen molar-refractivity contribution in [2.24, 2.45) is 0 Å². The number of anilines is 1. The number of alkyl carbamates (subject to hydrolysis) is 1. The summed E-state index contributed by atoms with van der Waals surface area (Å²) in [6.45, 7) is 4.26. The first-order chi connectivity index (χ1) is 11.6. The predicted octanol–water partition coefficient (Wildman–Crippen LogP) is 1.66. The van der Waals surface area contributed by atoms with Crippen LogP contribution in [0.2, 0.25) is 0 Å². The molecule has 1 aliphatic heterocycles. The number of thiazole rings is 1. The minimum absolute atomic E-state index is 0.0841. The van der Waals surface area contributed by atoms with Gasteiger partial charge in [-0.1, -0.05) is 0 Å². The van der Waals surface area contributed by atoms with Crippen molar-refractivity contribution >= 4 is 28.5 Å². The highest BCUT2D eigenvalue weighted by atomic mass is 32.1. The molecular weight excluding hydrogens is 334 g/mol. The van der Waals surface area contributed by atoms with Gasteiger partial charge in [0.25, 0.3) is 0 Å². The maximum Gasteiger partial charge on any atom is 0.407 e. The molecule has 0 saturated carbocycles. The molecule has 1 amide bonds. The number of piperidine rings is 1. The van der Waals surface area contributed by atoms with Crippen LogP contribution in [0.4, 0.5) is 9.93 Å². The number of esters is 1. The quantitative estimate of drug-likeness (QED) is 0.586. The molecule has 0 atom stereocenters. The largest absolute Gasteiger partial charge is 0.461 e. The van der Waals surface area contributed by atoms with Crippen molar-refractivity contribution in [1.82, 2.24) is 10.3 Å². The van der Waals surface area contributed by atoms with E-state index in [2.05, 4.69) is 15.2 Å². The normalized spacial score (nSPS) is 15.2. The summed E-state index contributed by atoms with van der Waals surface area (Å²) in [7, 11) is 1.56. The first kappa shape index (κ1) is 18.5. The van der Waals surface area contributed by atoms with E-state index in [1.54, 1.807) is 19.4 Å². The van der Waals surface area contributed by atoms with E-state index < -0.39 is 12.1 Å². The number of amides is 1. The number of hydrogen-bond donors (Lipinski definition) is 1. The molecular formula is C15H23N3O5S. The van der Waals surface area contributed by atoms with Gasteiger partial charge in [-0.2, -0.15) is 0 Å². The lowest BCUT2D eigenvalue weighted by molar-refractivity contribution is 0.0520. The number of rotatable bonds is 7. The summed E-state index contributed by atoms with van der Waals surface area (Å²) in [5, 5.41) is 5.37. The van der Waals surface area contributed by atoms with E-state index in [4.69, 9.17) is 14.2 Å². The number of carbonyl (C=O) groups excluding carboxylic acids is 2. The molecule has 2 heterocycles. The van der Waals surface area contributed by atoms with Crippen LogP contribution in [0.5, 0.6) is 0 Å². The number of hydrogen-bond acceptors (Lipinski definition) is 8. The molecule has 1 N–H and O–H groups in total. The van der Waals surface area contributed by atoms with Gasteiger partial charge in [-0.25, -0.2) is 14.6 Å². The van der Waals surface area contributed by atoms with Crippen molar-refractivity contribution < 1.29 is 23.8 Å². The summed E-state index contributed by atoms with van der Waals surface area (Å²) in [6, 6.07) is 0.0841. The lowest BCUT2D eigenvalue weighted by Gasteiger charge is -2.31. The van der Waals surface area contributed by atoms with E-state index >= 15 is 0 Å². The summed E-state index contributed by atoms with van der Waals surface area (Å²) in [5.41, 5.74) is 0.346. The third kappa shape index (κ3) is 5.34. The van der Waals surface area contributed by atoms with Crippen molar-refractivity contribution in [3.8, 4) is 0 Å². The summed E-state index contributed by atoms with van der Waals surface area (Å²) >= 11 is 1.43. The van der Waals surface area contributed by atoms with Crippen molar-refractivity contribution in [3.63, 3.8) is 0 Å². The first-order valence-corrected chi connectivity index (χ1v) is 8.81. The second kappa shape index (κ2) is 9.43. The second-order valence-corrected chi connectivity index (χ2v) is 6.11. The lowest BCUT2D eigenvalue weighted by atomic mass is 10.1. The molecule has 0 aliphatic carbocycles. The monoisotopic (exact) mass is 357 g/mol. The van der Waals surface area contributed by atoms with Crippen LogP contribution in [-0.4, -0.2) is 63.1 Å². The highest BCUT2D eigenvalue weighted by Crippen LogP contribution is 2.24. The standard InChI is InChI=1S/C15H23N3O5S/c1-3-22-13(19)12-10-24-14(17-12)18-6-4-11(5-7-18)16-15(20)23-9-8-21-2/h10-11H,3-9H2,1-2H3,(H,16,20). The molecule has 1 aromatic heterocycles. The fraction of sp³-hybridized carbons (Fsp3) is 0.667. The van der Waals surface area contributed by atoms with Crippen molar-refractivity contribution in [2.75, 3.05) is 44.9 Å². The van der Waals surface area contributed by atoms with Crippen molar-refractivity contribution in [2.45, 2.75) is 25.8 Å². The van der Waals surface area contributed by atoms with Crippen LogP contribution in [0, 0.1) is 0 Å². The van der Waals surface area contributed by atoms with Gasteiger partial charge in [0.15, 0.2) is 10.8 Å². The van der Waals surface area contributed by atoms with Gasteiger partial charge in [0, 0.05) is 31.6 Å². The van der Waals surface area contributed by atoms with Gasteiger partial charge in [-0.15, -0.1) is 11.3 Å². The first-order valence-electron chi connectivity index (χ1n) is 7.93. The Bertz CT molecular complexity index is 543. The molecule has 0 spiro atoms. The lowest BCUT2D eigenvalue weighted by Crippen LogP contribution is -2.45.